The zero-order chi connectivity index (χ0) is 5.54. The van der Waals surface area contributed by atoms with Crippen molar-refractivity contribution >= 4 is 0 Å². The van der Waals surface area contributed by atoms with Crippen molar-refractivity contribution in [1.29, 1.82) is 0 Å². The molecule has 0 fully saturated rings. The maximum atomic E-state index is 4.91. The summed E-state index contributed by atoms with van der Waals surface area (Å²) in [6.45, 7) is 7.05. The first-order valence-corrected chi connectivity index (χ1v) is 2.60. The van der Waals surface area contributed by atoms with Crippen molar-refractivity contribution in [3.63, 3.8) is 0 Å². The summed E-state index contributed by atoms with van der Waals surface area (Å²) >= 11 is 0. The fraction of sp³-hybridized carbons (Fsp3) is 0.571. The van der Waals surface area contributed by atoms with Crippen LogP contribution in [0.2, 0.25) is 0 Å². The maximum Gasteiger partial charge on any atom is 0.0503 e. The summed E-state index contributed by atoms with van der Waals surface area (Å²) < 4.78 is 0. The second kappa shape index (κ2) is 5.56. The Morgan fingerprint density at radius 1 is 1.57 bits per heavy atom. The molecule has 0 aromatic carbocycles. The van der Waals surface area contributed by atoms with Gasteiger partial charge >= 0.3 is 0 Å². The molecule has 0 atom stereocenters. The first kappa shape index (κ1) is 6.56. The van der Waals surface area contributed by atoms with E-state index < -0.39 is 0 Å². The average molecular weight is 94.2 g/mol. The van der Waals surface area contributed by atoms with E-state index in [0.717, 1.165) is 6.42 Å². The summed E-state index contributed by atoms with van der Waals surface area (Å²) in [5.74, 6) is 5.13. The molecule has 0 aliphatic rings. The van der Waals surface area contributed by atoms with Gasteiger partial charge in [-0.05, 0) is 6.42 Å². The molecule has 0 spiro atoms. The highest BCUT2D eigenvalue weighted by Crippen LogP contribution is 1.89. The Kier molecular flexibility index (Phi) is 5.21. The van der Waals surface area contributed by atoms with Crippen LogP contribution >= 0.6 is 0 Å². The van der Waals surface area contributed by atoms with E-state index in [1.54, 1.807) is 0 Å². The maximum absolute atomic E-state index is 4.91. The lowest BCUT2D eigenvalue weighted by molar-refractivity contribution is 0.828. The lowest BCUT2D eigenvalue weighted by Crippen LogP contribution is -1.64. The van der Waals surface area contributed by atoms with E-state index in [-0.39, 0.29) is 0 Å². The normalized spacial score (nSPS) is 7.14. The first-order valence-electron chi connectivity index (χ1n) is 2.60. The molecular weight excluding hydrogens is 84.1 g/mol. The Morgan fingerprint density at radius 3 is 2.71 bits per heavy atom. The largest absolute Gasteiger partial charge is 0.103 e. The molecule has 0 N–H and O–H groups in total. The van der Waals surface area contributed by atoms with E-state index in [2.05, 4.69) is 18.8 Å². The van der Waals surface area contributed by atoms with E-state index in [4.69, 9.17) is 6.92 Å². The topological polar surface area (TPSA) is 0 Å². The van der Waals surface area contributed by atoms with Gasteiger partial charge < -0.3 is 0 Å². The third-order valence-corrected chi connectivity index (χ3v) is 0.757. The van der Waals surface area contributed by atoms with Gasteiger partial charge in [-0.1, -0.05) is 19.3 Å². The minimum Gasteiger partial charge on any atom is -0.103 e. The first-order chi connectivity index (χ1) is 3.41. The van der Waals surface area contributed by atoms with Gasteiger partial charge in [0.25, 0.3) is 0 Å². The van der Waals surface area contributed by atoms with Crippen LogP contribution in [0.15, 0.2) is 0 Å². The van der Waals surface area contributed by atoms with Crippen LogP contribution in [0.25, 0.3) is 0 Å². The van der Waals surface area contributed by atoms with Crippen molar-refractivity contribution < 1.29 is 0 Å². The van der Waals surface area contributed by atoms with E-state index >= 15 is 0 Å². The van der Waals surface area contributed by atoms with Gasteiger partial charge in [0, 0.05) is 6.42 Å². The van der Waals surface area contributed by atoms with Crippen LogP contribution in [0, 0.1) is 18.8 Å². The Hall–Kier alpha value is -0.440. The summed E-state index contributed by atoms with van der Waals surface area (Å²) in [4.78, 5) is 0. The Morgan fingerprint density at radius 2 is 2.29 bits per heavy atom. The zero-order valence-electron chi connectivity index (χ0n) is 4.70. The third-order valence-electron chi connectivity index (χ3n) is 0.757. The summed E-state index contributed by atoms with van der Waals surface area (Å²) in [7, 11) is 0. The summed E-state index contributed by atoms with van der Waals surface area (Å²) in [5.41, 5.74) is 0. The second-order valence-electron chi connectivity index (χ2n) is 1.42. The SMILES string of the molecule is [CH]C#CCCCC. The van der Waals surface area contributed by atoms with Gasteiger partial charge in [-0.25, -0.2) is 0 Å². The molecule has 0 aromatic heterocycles. The van der Waals surface area contributed by atoms with Crippen molar-refractivity contribution in [2.75, 3.05) is 0 Å². The van der Waals surface area contributed by atoms with Crippen LogP contribution < -0.4 is 0 Å². The third kappa shape index (κ3) is 5.56. The summed E-state index contributed by atoms with van der Waals surface area (Å²) in [5, 5.41) is 0. The average Bonchev–Trinajstić information content (AvgIpc) is 1.69. The quantitative estimate of drug-likeness (QED) is 0.362. The minimum atomic E-state index is 0.951. The van der Waals surface area contributed by atoms with Gasteiger partial charge in [0.05, 0.1) is 6.92 Å². The Labute approximate surface area is 45.9 Å². The lowest BCUT2D eigenvalue weighted by atomic mass is 10.3. The van der Waals surface area contributed by atoms with Gasteiger partial charge in [0.15, 0.2) is 0 Å². The number of hydrogen-bond donors (Lipinski definition) is 0. The van der Waals surface area contributed by atoms with Crippen LogP contribution in [-0.2, 0) is 0 Å². The van der Waals surface area contributed by atoms with Crippen molar-refractivity contribution in [2.45, 2.75) is 26.2 Å². The molecule has 0 heterocycles. The van der Waals surface area contributed by atoms with Gasteiger partial charge in [-0.2, -0.15) is 0 Å². The highest BCUT2D eigenvalue weighted by molar-refractivity contribution is 5.00. The van der Waals surface area contributed by atoms with Crippen LogP contribution in [0.4, 0.5) is 0 Å². The molecule has 0 unspecified atom stereocenters. The minimum absolute atomic E-state index is 0.951. The van der Waals surface area contributed by atoms with Crippen LogP contribution in [-0.4, -0.2) is 0 Å². The molecule has 0 bridgehead atoms. The number of hydrogen-bond acceptors (Lipinski definition) is 0. The zero-order valence-corrected chi connectivity index (χ0v) is 4.70. The summed E-state index contributed by atoms with van der Waals surface area (Å²) in [6, 6.07) is 0. The summed E-state index contributed by atoms with van der Waals surface area (Å²) in [6.07, 6.45) is 3.33. The molecule has 0 aliphatic heterocycles. The molecule has 0 nitrogen and oxygen atoms in total. The van der Waals surface area contributed by atoms with Gasteiger partial charge in [-0.15, -0.1) is 5.92 Å². The van der Waals surface area contributed by atoms with E-state index in [1.807, 2.05) is 0 Å². The van der Waals surface area contributed by atoms with Crippen molar-refractivity contribution in [1.82, 2.24) is 0 Å². The van der Waals surface area contributed by atoms with E-state index in [0.29, 0.717) is 0 Å². The molecule has 0 aliphatic carbocycles. The molecule has 0 amide bonds. The van der Waals surface area contributed by atoms with Crippen molar-refractivity contribution in [2.24, 2.45) is 0 Å². The monoisotopic (exact) mass is 94.1 g/mol. The molecule has 2 radical (unpaired) electrons. The number of unbranched alkanes of at least 4 members (excludes halogenated alkanes) is 2. The smallest absolute Gasteiger partial charge is 0.0503 e. The molecular formula is C7H10. The molecule has 38 valence electrons. The lowest BCUT2D eigenvalue weighted by Gasteiger charge is -1.80. The number of rotatable bonds is 2. The standard InChI is InChI=1S/C7H10/c1-3-5-7-6-4-2/h1H,4,6-7H2,2H3. The van der Waals surface area contributed by atoms with Gasteiger partial charge in [-0.3, -0.25) is 0 Å². The molecule has 0 saturated carbocycles. The van der Waals surface area contributed by atoms with E-state index in [9.17, 15) is 0 Å². The fourth-order valence-corrected chi connectivity index (χ4v) is 0.337. The van der Waals surface area contributed by atoms with Crippen LogP contribution in [0.3, 0.4) is 0 Å². The molecule has 0 saturated heterocycles. The molecule has 0 aromatic rings. The van der Waals surface area contributed by atoms with Gasteiger partial charge in [0.1, 0.15) is 0 Å². The fourth-order valence-electron chi connectivity index (χ4n) is 0.337. The highest BCUT2D eigenvalue weighted by atomic mass is 13.8. The van der Waals surface area contributed by atoms with Crippen LogP contribution in [0.1, 0.15) is 26.2 Å². The Bertz CT molecular complexity index is 71.8. The predicted octanol–water partition coefficient (Wildman–Crippen LogP) is 1.89. The molecule has 7 heavy (non-hydrogen) atoms. The second-order valence-corrected chi connectivity index (χ2v) is 1.42. The highest BCUT2D eigenvalue weighted by Gasteiger charge is 1.72. The van der Waals surface area contributed by atoms with E-state index in [1.165, 1.54) is 12.8 Å². The predicted molar refractivity (Wildman–Crippen MR) is 31.6 cm³/mol. The van der Waals surface area contributed by atoms with Crippen LogP contribution in [0.5, 0.6) is 0 Å². The van der Waals surface area contributed by atoms with Crippen molar-refractivity contribution in [3.8, 4) is 11.8 Å². The van der Waals surface area contributed by atoms with Gasteiger partial charge in [0.2, 0.25) is 0 Å². The van der Waals surface area contributed by atoms with Crippen molar-refractivity contribution in [3.05, 3.63) is 6.92 Å². The molecule has 0 heteroatoms. The molecule has 0 rings (SSSR count). The Balaban J connectivity index is 2.78.